The Morgan fingerprint density at radius 2 is 1.11 bits per heavy atom. The zero-order valence-corrected chi connectivity index (χ0v) is 21.4. The van der Waals surface area contributed by atoms with Crippen molar-refractivity contribution in [1.29, 1.82) is 0 Å². The van der Waals surface area contributed by atoms with Crippen LogP contribution in [0.15, 0.2) is 72.9 Å². The number of benzene rings is 1. The lowest BCUT2D eigenvalue weighted by Crippen LogP contribution is -2.33. The zero-order valence-electron chi connectivity index (χ0n) is 21.4. The number of fused-ring (bicyclic) bond motifs is 10. The third kappa shape index (κ3) is 3.18. The number of likely N-dealkylation sites (tertiary alicyclic amines) is 2. The fourth-order valence-electron chi connectivity index (χ4n) is 8.65. The van der Waals surface area contributed by atoms with Crippen LogP contribution in [0.25, 0.3) is 0 Å². The summed E-state index contributed by atoms with van der Waals surface area (Å²) < 4.78 is 0. The Bertz CT molecular complexity index is 1270. The molecule has 1 aromatic rings. The smallest absolute Gasteiger partial charge is 0.234 e. The molecule has 2 heterocycles. The molecular formula is C32H32N2O4. The average molecular weight is 509 g/mol. The number of rotatable bonds is 8. The summed E-state index contributed by atoms with van der Waals surface area (Å²) in [6, 6.07) is 7.61. The quantitative estimate of drug-likeness (QED) is 0.390. The van der Waals surface area contributed by atoms with Gasteiger partial charge in [-0.15, -0.1) is 13.2 Å². The highest BCUT2D eigenvalue weighted by atomic mass is 16.2. The lowest BCUT2D eigenvalue weighted by molar-refractivity contribution is -0.142. The van der Waals surface area contributed by atoms with E-state index in [1.165, 1.54) is 20.9 Å². The standard InChI is InChI=1S/C32H32N2O4/c1-3-6-19-11-21-13-23(19)27-25(21)29(35)33(31(27)37)15-17-8-5-9-18(10-17)16-34-30(36)26-22-12-20(7-4-2)24(14-22)28(26)32(34)38/h3-5,8-12,21-28H,1-2,6-7,13-16H2/t21?,22?,23?,24?,25-,26?,27?,28?/m1/s1. The fraction of sp³-hybridized carbons (Fsp3) is 0.438. The van der Waals surface area contributed by atoms with Crippen molar-refractivity contribution in [3.63, 3.8) is 0 Å². The van der Waals surface area contributed by atoms with Crippen LogP contribution >= 0.6 is 0 Å². The molecular weight excluding hydrogens is 476 g/mol. The molecule has 6 nitrogen and oxygen atoms in total. The first-order valence-electron chi connectivity index (χ1n) is 13.8. The molecule has 4 amide bonds. The second-order valence-electron chi connectivity index (χ2n) is 11.9. The highest BCUT2D eigenvalue weighted by molar-refractivity contribution is 6.07. The summed E-state index contributed by atoms with van der Waals surface area (Å²) >= 11 is 0. The van der Waals surface area contributed by atoms with Crippen LogP contribution in [-0.4, -0.2) is 33.4 Å². The Morgan fingerprint density at radius 1 is 0.684 bits per heavy atom. The van der Waals surface area contributed by atoms with Gasteiger partial charge in [0.15, 0.2) is 0 Å². The van der Waals surface area contributed by atoms with Gasteiger partial charge in [0.05, 0.1) is 36.8 Å². The minimum atomic E-state index is -0.246. The molecule has 8 atom stereocenters. The van der Waals surface area contributed by atoms with Crippen LogP contribution in [0, 0.1) is 47.3 Å². The fourth-order valence-corrected chi connectivity index (χ4v) is 8.65. The molecule has 2 saturated heterocycles. The van der Waals surface area contributed by atoms with Crippen molar-refractivity contribution >= 4 is 23.6 Å². The van der Waals surface area contributed by atoms with Crippen LogP contribution in [0.5, 0.6) is 0 Å². The number of nitrogens with zero attached hydrogens (tertiary/aromatic N) is 2. The zero-order chi connectivity index (χ0) is 26.3. The second kappa shape index (κ2) is 8.48. The van der Waals surface area contributed by atoms with E-state index in [2.05, 4.69) is 25.3 Å². The summed E-state index contributed by atoms with van der Waals surface area (Å²) in [5.74, 6) is -0.629. The second-order valence-corrected chi connectivity index (χ2v) is 11.9. The van der Waals surface area contributed by atoms with Gasteiger partial charge in [-0.25, -0.2) is 0 Å². The Kier molecular flexibility index (Phi) is 5.26. The molecule has 38 heavy (non-hydrogen) atoms. The topological polar surface area (TPSA) is 74.8 Å². The van der Waals surface area contributed by atoms with Gasteiger partial charge in [0.2, 0.25) is 23.6 Å². The van der Waals surface area contributed by atoms with E-state index in [-0.39, 0.29) is 84.1 Å². The van der Waals surface area contributed by atoms with Crippen LogP contribution in [0.4, 0.5) is 0 Å². The Hall–Kier alpha value is -3.54. The van der Waals surface area contributed by atoms with Gasteiger partial charge in [-0.05, 0) is 60.5 Å². The first kappa shape index (κ1) is 23.6. The van der Waals surface area contributed by atoms with E-state index in [0.29, 0.717) is 0 Å². The monoisotopic (exact) mass is 508 g/mol. The summed E-state index contributed by atoms with van der Waals surface area (Å²) in [4.78, 5) is 56.2. The number of allylic oxidation sites excluding steroid dienone is 6. The van der Waals surface area contributed by atoms with Crippen molar-refractivity contribution in [2.75, 3.05) is 0 Å². The van der Waals surface area contributed by atoms with Crippen LogP contribution < -0.4 is 0 Å². The van der Waals surface area contributed by atoms with Crippen molar-refractivity contribution in [2.24, 2.45) is 47.3 Å². The van der Waals surface area contributed by atoms with Crippen molar-refractivity contribution in [2.45, 2.75) is 38.8 Å². The van der Waals surface area contributed by atoms with Crippen LogP contribution in [0.2, 0.25) is 0 Å². The number of hydrogen-bond donors (Lipinski definition) is 0. The number of carbonyl (C=O) groups is 4. The molecule has 0 aromatic heterocycles. The van der Waals surface area contributed by atoms with Gasteiger partial charge in [0.1, 0.15) is 0 Å². The highest BCUT2D eigenvalue weighted by Gasteiger charge is 2.62. The van der Waals surface area contributed by atoms with Crippen molar-refractivity contribution in [3.05, 3.63) is 84.0 Å². The van der Waals surface area contributed by atoms with Gasteiger partial charge < -0.3 is 0 Å². The Morgan fingerprint density at radius 3 is 1.53 bits per heavy atom. The summed E-state index contributed by atoms with van der Waals surface area (Å²) in [6.45, 7) is 8.12. The predicted octanol–water partition coefficient (Wildman–Crippen LogP) is 4.19. The molecule has 0 radical (unpaired) electrons. The largest absolute Gasteiger partial charge is 0.278 e. The highest BCUT2D eigenvalue weighted by Crippen LogP contribution is 2.57. The van der Waals surface area contributed by atoms with Crippen molar-refractivity contribution in [3.8, 4) is 0 Å². The number of amides is 4. The van der Waals surface area contributed by atoms with E-state index in [1.54, 1.807) is 0 Å². The molecule has 0 spiro atoms. The predicted molar refractivity (Wildman–Crippen MR) is 141 cm³/mol. The normalized spacial score (nSPS) is 36.2. The number of hydrogen-bond acceptors (Lipinski definition) is 4. The maximum atomic E-state index is 13.4. The van der Waals surface area contributed by atoms with Crippen molar-refractivity contribution < 1.29 is 19.2 Å². The summed E-state index contributed by atoms with van der Waals surface area (Å²) in [5.41, 5.74) is 4.18. The molecule has 4 bridgehead atoms. The Labute approximate surface area is 222 Å². The first-order valence-corrected chi connectivity index (χ1v) is 13.8. The SMILES string of the molecule is C=CCC1=CC2CC1C1C(=O)N(Cc3cccc(CN4C(=O)C5C6CC(C=C6CC=C)[C@H]5C4=O)c3)C(=O)C21. The molecule has 4 aliphatic carbocycles. The van der Waals surface area contributed by atoms with E-state index in [9.17, 15) is 19.2 Å². The van der Waals surface area contributed by atoms with Crippen LogP contribution in [-0.2, 0) is 32.3 Å². The number of carbonyl (C=O) groups excluding carboxylic acids is 4. The number of imide groups is 2. The molecule has 4 fully saturated rings. The molecule has 1 aromatic carbocycles. The molecule has 7 rings (SSSR count). The average Bonchev–Trinajstić information content (AvgIpc) is 3.73. The van der Waals surface area contributed by atoms with Crippen LogP contribution in [0.1, 0.15) is 36.8 Å². The molecule has 6 aliphatic rings. The van der Waals surface area contributed by atoms with E-state index in [4.69, 9.17) is 0 Å². The van der Waals surface area contributed by atoms with E-state index < -0.39 is 0 Å². The van der Waals surface area contributed by atoms with Gasteiger partial charge >= 0.3 is 0 Å². The summed E-state index contributed by atoms with van der Waals surface area (Å²) in [6.07, 6.45) is 11.5. The minimum Gasteiger partial charge on any atom is -0.278 e. The molecule has 6 heteroatoms. The molecule has 2 saturated carbocycles. The minimum absolute atomic E-state index is 0.0661. The van der Waals surface area contributed by atoms with Gasteiger partial charge in [-0.3, -0.25) is 29.0 Å². The van der Waals surface area contributed by atoms with E-state index >= 15 is 0 Å². The van der Waals surface area contributed by atoms with Gasteiger partial charge in [0, 0.05) is 0 Å². The van der Waals surface area contributed by atoms with Crippen LogP contribution in [0.3, 0.4) is 0 Å². The molecule has 194 valence electrons. The maximum absolute atomic E-state index is 13.4. The summed E-state index contributed by atoms with van der Waals surface area (Å²) in [5, 5.41) is 0. The molecule has 7 unspecified atom stereocenters. The lowest BCUT2D eigenvalue weighted by atomic mass is 9.80. The Balaban J connectivity index is 1.06. The maximum Gasteiger partial charge on any atom is 0.234 e. The third-order valence-corrected chi connectivity index (χ3v) is 10.1. The first-order chi connectivity index (χ1) is 18.4. The lowest BCUT2D eigenvalue weighted by Gasteiger charge is -2.21. The summed E-state index contributed by atoms with van der Waals surface area (Å²) in [7, 11) is 0. The van der Waals surface area contributed by atoms with Gasteiger partial charge in [0.25, 0.3) is 0 Å². The molecule has 2 aliphatic heterocycles. The molecule has 0 N–H and O–H groups in total. The van der Waals surface area contributed by atoms with E-state index in [1.807, 2.05) is 36.4 Å². The third-order valence-electron chi connectivity index (χ3n) is 10.1. The van der Waals surface area contributed by atoms with Crippen molar-refractivity contribution in [1.82, 2.24) is 9.80 Å². The van der Waals surface area contributed by atoms with E-state index in [0.717, 1.165) is 36.8 Å². The van der Waals surface area contributed by atoms with Gasteiger partial charge in [-0.2, -0.15) is 0 Å². The van der Waals surface area contributed by atoms with Gasteiger partial charge in [-0.1, -0.05) is 59.7 Å².